The molecule has 78 valence electrons. The van der Waals surface area contributed by atoms with E-state index in [1.54, 1.807) is 0 Å². The van der Waals surface area contributed by atoms with E-state index in [1.165, 1.54) is 17.6 Å². The molecule has 0 spiro atoms. The highest BCUT2D eigenvalue weighted by Gasteiger charge is 2.43. The first-order valence-corrected chi connectivity index (χ1v) is 5.80. The molecule has 1 atom stereocenters. The van der Waals surface area contributed by atoms with Crippen LogP contribution in [-0.2, 0) is 0 Å². The van der Waals surface area contributed by atoms with Crippen molar-refractivity contribution in [3.8, 4) is 0 Å². The molecule has 0 bridgehead atoms. The van der Waals surface area contributed by atoms with Crippen molar-refractivity contribution in [2.45, 2.75) is 52.1 Å². The van der Waals surface area contributed by atoms with Gasteiger partial charge in [-0.1, -0.05) is 31.6 Å². The van der Waals surface area contributed by atoms with Gasteiger partial charge in [-0.25, -0.2) is 0 Å². The van der Waals surface area contributed by atoms with Crippen molar-refractivity contribution in [1.29, 1.82) is 0 Å². The Balaban J connectivity index is 2.29. The Kier molecular flexibility index (Phi) is 2.52. The molecular formula is C13H20O. The van der Waals surface area contributed by atoms with Crippen molar-refractivity contribution in [3.05, 3.63) is 23.3 Å². The molecule has 0 aromatic rings. The van der Waals surface area contributed by atoms with Crippen LogP contribution in [0.4, 0.5) is 0 Å². The standard InChI is InChI=1S/C13H20O/c1-3-13(4-2)9-10-7-5-6-8-11(10)12(13)14/h6,8,12,14H,3-5,7,9H2,1-2H3. The minimum absolute atomic E-state index is 0.152. The summed E-state index contributed by atoms with van der Waals surface area (Å²) in [7, 11) is 0. The van der Waals surface area contributed by atoms with E-state index >= 15 is 0 Å². The summed E-state index contributed by atoms with van der Waals surface area (Å²) in [5, 5.41) is 10.3. The van der Waals surface area contributed by atoms with E-state index in [0.29, 0.717) is 0 Å². The number of allylic oxidation sites excluding steroid dienone is 2. The van der Waals surface area contributed by atoms with Gasteiger partial charge in [0.05, 0.1) is 6.10 Å². The third-order valence-corrected chi connectivity index (χ3v) is 4.17. The van der Waals surface area contributed by atoms with Gasteiger partial charge in [0.15, 0.2) is 0 Å². The van der Waals surface area contributed by atoms with Crippen LogP contribution in [0.25, 0.3) is 0 Å². The first kappa shape index (κ1) is 9.97. The molecule has 0 saturated carbocycles. The molecule has 0 aromatic heterocycles. The normalized spacial score (nSPS) is 29.5. The summed E-state index contributed by atoms with van der Waals surface area (Å²) < 4.78 is 0. The van der Waals surface area contributed by atoms with Gasteiger partial charge in [0, 0.05) is 5.41 Å². The number of aliphatic hydroxyl groups is 1. The summed E-state index contributed by atoms with van der Waals surface area (Å²) in [4.78, 5) is 0. The van der Waals surface area contributed by atoms with Gasteiger partial charge >= 0.3 is 0 Å². The smallest absolute Gasteiger partial charge is 0.0848 e. The van der Waals surface area contributed by atoms with Gasteiger partial charge < -0.3 is 5.11 Å². The lowest BCUT2D eigenvalue weighted by Gasteiger charge is -2.31. The molecule has 2 aliphatic carbocycles. The highest BCUT2D eigenvalue weighted by Crippen LogP contribution is 2.49. The summed E-state index contributed by atoms with van der Waals surface area (Å²) >= 11 is 0. The third-order valence-electron chi connectivity index (χ3n) is 4.17. The molecule has 1 N–H and O–H groups in total. The largest absolute Gasteiger partial charge is 0.388 e. The maximum absolute atomic E-state index is 10.3. The van der Waals surface area contributed by atoms with E-state index in [4.69, 9.17) is 0 Å². The Morgan fingerprint density at radius 2 is 2.14 bits per heavy atom. The van der Waals surface area contributed by atoms with Crippen LogP contribution in [-0.4, -0.2) is 11.2 Å². The van der Waals surface area contributed by atoms with Gasteiger partial charge in [0.1, 0.15) is 0 Å². The summed E-state index contributed by atoms with van der Waals surface area (Å²) in [5.41, 5.74) is 2.91. The summed E-state index contributed by atoms with van der Waals surface area (Å²) in [5.74, 6) is 0. The van der Waals surface area contributed by atoms with E-state index in [2.05, 4.69) is 26.0 Å². The van der Waals surface area contributed by atoms with Gasteiger partial charge in [0.25, 0.3) is 0 Å². The minimum Gasteiger partial charge on any atom is -0.388 e. The molecule has 0 aliphatic heterocycles. The van der Waals surface area contributed by atoms with E-state index in [9.17, 15) is 5.11 Å². The lowest BCUT2D eigenvalue weighted by molar-refractivity contribution is 0.0626. The number of aliphatic hydroxyl groups excluding tert-OH is 1. The Hall–Kier alpha value is -0.560. The molecule has 2 aliphatic rings. The van der Waals surface area contributed by atoms with E-state index in [-0.39, 0.29) is 11.5 Å². The van der Waals surface area contributed by atoms with Crippen LogP contribution in [0, 0.1) is 5.41 Å². The second-order valence-corrected chi connectivity index (χ2v) is 4.65. The summed E-state index contributed by atoms with van der Waals surface area (Å²) in [6.45, 7) is 4.41. The fourth-order valence-electron chi connectivity index (χ4n) is 2.94. The van der Waals surface area contributed by atoms with Crippen LogP contribution in [0.5, 0.6) is 0 Å². The Morgan fingerprint density at radius 3 is 2.71 bits per heavy atom. The summed E-state index contributed by atoms with van der Waals surface area (Å²) in [6.07, 6.45) is 9.78. The number of hydrogen-bond acceptors (Lipinski definition) is 1. The fourth-order valence-corrected chi connectivity index (χ4v) is 2.94. The zero-order valence-electron chi connectivity index (χ0n) is 9.21. The van der Waals surface area contributed by atoms with Crippen LogP contribution < -0.4 is 0 Å². The lowest BCUT2D eigenvalue weighted by Crippen LogP contribution is -2.30. The maximum atomic E-state index is 10.3. The van der Waals surface area contributed by atoms with Crippen LogP contribution >= 0.6 is 0 Å². The van der Waals surface area contributed by atoms with Gasteiger partial charge in [-0.05, 0) is 37.7 Å². The van der Waals surface area contributed by atoms with E-state index in [1.807, 2.05) is 0 Å². The monoisotopic (exact) mass is 192 g/mol. The number of hydrogen-bond donors (Lipinski definition) is 1. The number of rotatable bonds is 2. The van der Waals surface area contributed by atoms with Crippen molar-refractivity contribution >= 4 is 0 Å². The molecular weight excluding hydrogens is 172 g/mol. The predicted molar refractivity (Wildman–Crippen MR) is 59.0 cm³/mol. The third kappa shape index (κ3) is 1.26. The quantitative estimate of drug-likeness (QED) is 0.712. The molecule has 2 rings (SSSR count). The highest BCUT2D eigenvalue weighted by atomic mass is 16.3. The topological polar surface area (TPSA) is 20.2 Å². The molecule has 0 heterocycles. The van der Waals surface area contributed by atoms with Crippen molar-refractivity contribution < 1.29 is 5.11 Å². The molecule has 0 aromatic carbocycles. The molecule has 1 nitrogen and oxygen atoms in total. The second kappa shape index (κ2) is 3.54. The van der Waals surface area contributed by atoms with E-state index < -0.39 is 0 Å². The minimum atomic E-state index is -0.205. The average molecular weight is 192 g/mol. The first-order chi connectivity index (χ1) is 6.73. The molecule has 0 saturated heterocycles. The van der Waals surface area contributed by atoms with Crippen LogP contribution in [0.1, 0.15) is 46.0 Å². The Bertz CT molecular complexity index is 282. The Labute approximate surface area is 86.5 Å². The SMILES string of the molecule is CCC1(CC)CC2=C(C=CCC2)C1O. The van der Waals surface area contributed by atoms with E-state index in [0.717, 1.165) is 25.7 Å². The zero-order valence-corrected chi connectivity index (χ0v) is 9.21. The van der Waals surface area contributed by atoms with Crippen molar-refractivity contribution in [3.63, 3.8) is 0 Å². The molecule has 0 amide bonds. The molecule has 1 unspecified atom stereocenters. The van der Waals surface area contributed by atoms with Gasteiger partial charge in [-0.15, -0.1) is 0 Å². The molecule has 0 fully saturated rings. The highest BCUT2D eigenvalue weighted by molar-refractivity contribution is 5.40. The van der Waals surface area contributed by atoms with Crippen LogP contribution in [0.2, 0.25) is 0 Å². The van der Waals surface area contributed by atoms with Crippen molar-refractivity contribution in [2.75, 3.05) is 0 Å². The average Bonchev–Trinajstić information content (AvgIpc) is 2.53. The van der Waals surface area contributed by atoms with Crippen LogP contribution in [0.3, 0.4) is 0 Å². The van der Waals surface area contributed by atoms with Gasteiger partial charge in [0.2, 0.25) is 0 Å². The summed E-state index contributed by atoms with van der Waals surface area (Å²) in [6, 6.07) is 0. The van der Waals surface area contributed by atoms with Crippen molar-refractivity contribution in [2.24, 2.45) is 5.41 Å². The Morgan fingerprint density at radius 1 is 1.43 bits per heavy atom. The maximum Gasteiger partial charge on any atom is 0.0848 e. The van der Waals surface area contributed by atoms with Crippen LogP contribution in [0.15, 0.2) is 23.3 Å². The van der Waals surface area contributed by atoms with Crippen molar-refractivity contribution in [1.82, 2.24) is 0 Å². The lowest BCUT2D eigenvalue weighted by atomic mass is 9.76. The predicted octanol–water partition coefficient (Wildman–Crippen LogP) is 3.20. The fraction of sp³-hybridized carbons (Fsp3) is 0.692. The molecule has 0 radical (unpaired) electrons. The van der Waals surface area contributed by atoms with Gasteiger partial charge in [-0.3, -0.25) is 0 Å². The zero-order chi connectivity index (χ0) is 10.2. The van der Waals surface area contributed by atoms with Gasteiger partial charge in [-0.2, -0.15) is 0 Å². The second-order valence-electron chi connectivity index (χ2n) is 4.65. The molecule has 1 heteroatoms. The molecule has 14 heavy (non-hydrogen) atoms. The first-order valence-electron chi connectivity index (χ1n) is 5.80.